The number of hydrogen-bond donors (Lipinski definition) is 1. The SMILES string of the molecule is C/C(Cl)=C/CNc1ccc(C)cc1. The minimum Gasteiger partial charge on any atom is -0.382 e. The van der Waals surface area contributed by atoms with E-state index >= 15 is 0 Å². The van der Waals surface area contributed by atoms with Gasteiger partial charge in [0.05, 0.1) is 0 Å². The van der Waals surface area contributed by atoms with Crippen molar-refractivity contribution in [3.63, 3.8) is 0 Å². The fraction of sp³-hybridized carbons (Fsp3) is 0.273. The summed E-state index contributed by atoms with van der Waals surface area (Å²) in [6.07, 6.45) is 1.95. The van der Waals surface area contributed by atoms with Crippen LogP contribution in [0.2, 0.25) is 0 Å². The van der Waals surface area contributed by atoms with Crippen LogP contribution < -0.4 is 5.32 Å². The first-order valence-corrected chi connectivity index (χ1v) is 4.69. The van der Waals surface area contributed by atoms with Gasteiger partial charge in [-0.25, -0.2) is 0 Å². The van der Waals surface area contributed by atoms with Gasteiger partial charge in [0.25, 0.3) is 0 Å². The maximum absolute atomic E-state index is 5.69. The summed E-state index contributed by atoms with van der Waals surface area (Å²) in [5.41, 5.74) is 2.40. The Balaban J connectivity index is 2.46. The molecule has 1 aromatic rings. The van der Waals surface area contributed by atoms with Crippen molar-refractivity contribution in [1.82, 2.24) is 0 Å². The number of aryl methyl sites for hydroxylation is 1. The minimum atomic E-state index is 0.776. The molecule has 0 aliphatic rings. The van der Waals surface area contributed by atoms with Crippen molar-refractivity contribution >= 4 is 17.3 Å². The maximum Gasteiger partial charge on any atom is 0.0344 e. The Morgan fingerprint density at radius 3 is 2.54 bits per heavy atom. The monoisotopic (exact) mass is 195 g/mol. The lowest BCUT2D eigenvalue weighted by Crippen LogP contribution is -1.97. The van der Waals surface area contributed by atoms with Gasteiger partial charge in [-0.2, -0.15) is 0 Å². The molecule has 0 aliphatic heterocycles. The van der Waals surface area contributed by atoms with Gasteiger partial charge >= 0.3 is 0 Å². The van der Waals surface area contributed by atoms with E-state index in [-0.39, 0.29) is 0 Å². The first-order chi connectivity index (χ1) is 6.18. The third-order valence-corrected chi connectivity index (χ3v) is 1.90. The molecule has 1 aromatic carbocycles. The number of benzene rings is 1. The van der Waals surface area contributed by atoms with Gasteiger partial charge in [-0.3, -0.25) is 0 Å². The highest BCUT2D eigenvalue weighted by molar-refractivity contribution is 6.29. The second kappa shape index (κ2) is 4.93. The van der Waals surface area contributed by atoms with Crippen LogP contribution in [0, 0.1) is 6.92 Å². The van der Waals surface area contributed by atoms with Crippen molar-refractivity contribution < 1.29 is 0 Å². The van der Waals surface area contributed by atoms with E-state index in [9.17, 15) is 0 Å². The Hall–Kier alpha value is -0.950. The Labute approximate surface area is 84.4 Å². The molecule has 0 unspecified atom stereocenters. The van der Waals surface area contributed by atoms with Gasteiger partial charge < -0.3 is 5.32 Å². The standard InChI is InChI=1S/C11H14ClN/c1-9-3-5-11(6-4-9)13-8-7-10(2)12/h3-7,13H,8H2,1-2H3/b10-7-. The molecule has 70 valence electrons. The predicted octanol–water partition coefficient (Wildman–Crippen LogP) is 3.55. The highest BCUT2D eigenvalue weighted by Gasteiger charge is 1.88. The van der Waals surface area contributed by atoms with E-state index in [1.807, 2.05) is 13.0 Å². The molecule has 1 rings (SSSR count). The van der Waals surface area contributed by atoms with E-state index in [0.29, 0.717) is 0 Å². The van der Waals surface area contributed by atoms with Gasteiger partial charge in [0.2, 0.25) is 0 Å². The van der Waals surface area contributed by atoms with Crippen LogP contribution in [0.3, 0.4) is 0 Å². The summed E-state index contributed by atoms with van der Waals surface area (Å²) in [7, 11) is 0. The first-order valence-electron chi connectivity index (χ1n) is 4.31. The predicted molar refractivity (Wildman–Crippen MR) is 59.3 cm³/mol. The van der Waals surface area contributed by atoms with E-state index in [1.165, 1.54) is 5.56 Å². The van der Waals surface area contributed by atoms with Crippen LogP contribution in [-0.2, 0) is 0 Å². The van der Waals surface area contributed by atoms with Gasteiger partial charge in [-0.15, -0.1) is 0 Å². The summed E-state index contributed by atoms with van der Waals surface area (Å²) < 4.78 is 0. The smallest absolute Gasteiger partial charge is 0.0344 e. The lowest BCUT2D eigenvalue weighted by Gasteiger charge is -2.03. The zero-order valence-electron chi connectivity index (χ0n) is 7.97. The summed E-state index contributed by atoms with van der Waals surface area (Å²) >= 11 is 5.69. The van der Waals surface area contributed by atoms with E-state index in [0.717, 1.165) is 17.3 Å². The van der Waals surface area contributed by atoms with E-state index in [2.05, 4.69) is 36.5 Å². The molecular formula is C11H14ClN. The molecule has 0 aliphatic carbocycles. The molecule has 0 amide bonds. The summed E-state index contributed by atoms with van der Waals surface area (Å²) in [4.78, 5) is 0. The number of hydrogen-bond acceptors (Lipinski definition) is 1. The average molecular weight is 196 g/mol. The highest BCUT2D eigenvalue weighted by Crippen LogP contribution is 2.08. The van der Waals surface area contributed by atoms with E-state index in [4.69, 9.17) is 11.6 Å². The quantitative estimate of drug-likeness (QED) is 0.778. The summed E-state index contributed by atoms with van der Waals surface area (Å²) in [5.74, 6) is 0. The first kappa shape index (κ1) is 10.1. The van der Waals surface area contributed by atoms with Crippen LogP contribution >= 0.6 is 11.6 Å². The Morgan fingerprint density at radius 1 is 1.38 bits per heavy atom. The molecular weight excluding hydrogens is 182 g/mol. The average Bonchev–Trinajstić information content (AvgIpc) is 2.08. The Morgan fingerprint density at radius 2 is 2.00 bits per heavy atom. The van der Waals surface area contributed by atoms with E-state index < -0.39 is 0 Å². The Kier molecular flexibility index (Phi) is 3.84. The molecule has 0 spiro atoms. The molecule has 0 radical (unpaired) electrons. The van der Waals surface area contributed by atoms with Crippen LogP contribution in [0.15, 0.2) is 35.4 Å². The largest absolute Gasteiger partial charge is 0.382 e. The lowest BCUT2D eigenvalue weighted by molar-refractivity contribution is 1.31. The highest BCUT2D eigenvalue weighted by atomic mass is 35.5. The molecule has 13 heavy (non-hydrogen) atoms. The normalized spacial score (nSPS) is 11.5. The zero-order valence-corrected chi connectivity index (χ0v) is 8.73. The van der Waals surface area contributed by atoms with Gasteiger partial charge in [0.1, 0.15) is 0 Å². The van der Waals surface area contributed by atoms with Crippen molar-refractivity contribution in [2.24, 2.45) is 0 Å². The van der Waals surface area contributed by atoms with Gasteiger partial charge in [0, 0.05) is 17.3 Å². The maximum atomic E-state index is 5.69. The van der Waals surface area contributed by atoms with Crippen molar-refractivity contribution in [3.8, 4) is 0 Å². The van der Waals surface area contributed by atoms with Crippen LogP contribution in [0.1, 0.15) is 12.5 Å². The fourth-order valence-corrected chi connectivity index (χ4v) is 1.06. The van der Waals surface area contributed by atoms with Crippen LogP contribution in [0.4, 0.5) is 5.69 Å². The molecule has 1 nitrogen and oxygen atoms in total. The van der Waals surface area contributed by atoms with Crippen LogP contribution in [0.25, 0.3) is 0 Å². The van der Waals surface area contributed by atoms with Gasteiger partial charge in [-0.05, 0) is 26.0 Å². The van der Waals surface area contributed by atoms with Crippen molar-refractivity contribution in [2.75, 3.05) is 11.9 Å². The summed E-state index contributed by atoms with van der Waals surface area (Å²) in [6.45, 7) is 4.73. The lowest BCUT2D eigenvalue weighted by atomic mass is 10.2. The zero-order chi connectivity index (χ0) is 9.68. The number of anilines is 1. The Bertz CT molecular complexity index is 283. The number of nitrogens with one attached hydrogen (secondary N) is 1. The molecule has 2 heteroatoms. The van der Waals surface area contributed by atoms with Gasteiger partial charge in [-0.1, -0.05) is 35.4 Å². The van der Waals surface area contributed by atoms with Gasteiger partial charge in [0.15, 0.2) is 0 Å². The molecule has 1 N–H and O–H groups in total. The summed E-state index contributed by atoms with van der Waals surface area (Å²) in [5, 5.41) is 4.06. The molecule has 0 heterocycles. The minimum absolute atomic E-state index is 0.776. The fourth-order valence-electron chi connectivity index (χ4n) is 0.981. The molecule has 0 fully saturated rings. The molecule has 0 saturated heterocycles. The van der Waals surface area contributed by atoms with Crippen molar-refractivity contribution in [3.05, 3.63) is 40.9 Å². The van der Waals surface area contributed by atoms with E-state index in [1.54, 1.807) is 0 Å². The molecule has 0 saturated carbocycles. The second-order valence-corrected chi connectivity index (χ2v) is 3.63. The summed E-state index contributed by atoms with van der Waals surface area (Å²) in [6, 6.07) is 8.29. The third-order valence-electron chi connectivity index (χ3n) is 1.74. The number of halogens is 1. The molecule has 0 atom stereocenters. The second-order valence-electron chi connectivity index (χ2n) is 3.04. The van der Waals surface area contributed by atoms with Crippen molar-refractivity contribution in [2.45, 2.75) is 13.8 Å². The molecule has 0 bridgehead atoms. The molecule has 0 aromatic heterocycles. The topological polar surface area (TPSA) is 12.0 Å². The number of rotatable bonds is 3. The van der Waals surface area contributed by atoms with Crippen molar-refractivity contribution in [1.29, 1.82) is 0 Å². The van der Waals surface area contributed by atoms with Crippen LogP contribution in [-0.4, -0.2) is 6.54 Å². The third kappa shape index (κ3) is 4.00. The van der Waals surface area contributed by atoms with Crippen LogP contribution in [0.5, 0.6) is 0 Å². The number of allylic oxidation sites excluding steroid dienone is 1.